The Labute approximate surface area is 112 Å². The third-order valence-corrected chi connectivity index (χ3v) is 3.58. The number of hydrogen-bond acceptors (Lipinski definition) is 3. The van der Waals surface area contributed by atoms with Gasteiger partial charge >= 0.3 is 0 Å². The van der Waals surface area contributed by atoms with Gasteiger partial charge in [-0.1, -0.05) is 13.8 Å². The molecule has 1 amide bonds. The summed E-state index contributed by atoms with van der Waals surface area (Å²) in [6.45, 7) is 9.51. The standard InChI is InChI=1S/C14H31N3O/c1-11(2)10-12(3)17(5)9-7-6-8-14(4,16)13(15)18/h11-12H,6-10,16H2,1-5H3,(H2,15,18). The molecule has 0 aromatic rings. The van der Waals surface area contributed by atoms with Crippen LogP contribution in [0.15, 0.2) is 0 Å². The van der Waals surface area contributed by atoms with Gasteiger partial charge in [0.25, 0.3) is 0 Å². The SMILES string of the molecule is CC(C)CC(C)N(C)CCCCC(C)(N)C(N)=O. The zero-order valence-corrected chi connectivity index (χ0v) is 12.7. The molecule has 2 unspecified atom stereocenters. The van der Waals surface area contributed by atoms with Crippen LogP contribution in [0.2, 0.25) is 0 Å². The largest absolute Gasteiger partial charge is 0.368 e. The van der Waals surface area contributed by atoms with Crippen molar-refractivity contribution in [2.24, 2.45) is 17.4 Å². The van der Waals surface area contributed by atoms with Gasteiger partial charge in [-0.15, -0.1) is 0 Å². The van der Waals surface area contributed by atoms with Gasteiger partial charge in [0.15, 0.2) is 0 Å². The monoisotopic (exact) mass is 257 g/mol. The fourth-order valence-electron chi connectivity index (χ4n) is 2.06. The summed E-state index contributed by atoms with van der Waals surface area (Å²) in [6, 6.07) is 0.602. The molecule has 0 rings (SSSR count). The molecule has 0 bridgehead atoms. The van der Waals surface area contributed by atoms with E-state index in [1.165, 1.54) is 6.42 Å². The first kappa shape index (κ1) is 17.4. The topological polar surface area (TPSA) is 72.3 Å². The average molecular weight is 257 g/mol. The van der Waals surface area contributed by atoms with Gasteiger partial charge in [0, 0.05) is 6.04 Å². The highest BCUT2D eigenvalue weighted by Crippen LogP contribution is 2.13. The molecular formula is C14H31N3O. The lowest BCUT2D eigenvalue weighted by Gasteiger charge is -2.26. The van der Waals surface area contributed by atoms with Crippen LogP contribution in [0.4, 0.5) is 0 Å². The average Bonchev–Trinajstić information content (AvgIpc) is 2.22. The number of hydrogen-bond donors (Lipinski definition) is 2. The lowest BCUT2D eigenvalue weighted by Crippen LogP contribution is -2.49. The minimum absolute atomic E-state index is 0.413. The van der Waals surface area contributed by atoms with Gasteiger partial charge < -0.3 is 16.4 Å². The Morgan fingerprint density at radius 2 is 1.83 bits per heavy atom. The van der Waals surface area contributed by atoms with Crippen LogP contribution in [-0.2, 0) is 4.79 Å². The van der Waals surface area contributed by atoms with Crippen molar-refractivity contribution in [3.05, 3.63) is 0 Å². The van der Waals surface area contributed by atoms with E-state index in [4.69, 9.17) is 11.5 Å². The molecule has 108 valence electrons. The number of amides is 1. The second-order valence-electron chi connectivity index (χ2n) is 6.20. The molecule has 0 saturated heterocycles. The van der Waals surface area contributed by atoms with Crippen molar-refractivity contribution in [1.82, 2.24) is 4.90 Å². The Balaban J connectivity index is 3.81. The zero-order valence-electron chi connectivity index (χ0n) is 12.7. The van der Waals surface area contributed by atoms with Gasteiger partial charge in [-0.2, -0.15) is 0 Å². The number of nitrogens with zero attached hydrogens (tertiary/aromatic N) is 1. The van der Waals surface area contributed by atoms with Crippen LogP contribution in [0.25, 0.3) is 0 Å². The maximum atomic E-state index is 11.1. The van der Waals surface area contributed by atoms with Crippen LogP contribution in [-0.4, -0.2) is 36.0 Å². The number of carbonyl (C=O) groups excluding carboxylic acids is 1. The number of nitrogens with two attached hydrogens (primary N) is 2. The Morgan fingerprint density at radius 1 is 1.28 bits per heavy atom. The third kappa shape index (κ3) is 6.97. The van der Waals surface area contributed by atoms with E-state index in [2.05, 4.69) is 32.7 Å². The fourth-order valence-corrected chi connectivity index (χ4v) is 2.06. The minimum atomic E-state index is -0.859. The van der Waals surface area contributed by atoms with Gasteiger partial charge in [0.05, 0.1) is 5.54 Å². The van der Waals surface area contributed by atoms with Crippen molar-refractivity contribution >= 4 is 5.91 Å². The first-order valence-corrected chi connectivity index (χ1v) is 6.96. The van der Waals surface area contributed by atoms with Crippen LogP contribution in [0.5, 0.6) is 0 Å². The van der Waals surface area contributed by atoms with Crippen LogP contribution < -0.4 is 11.5 Å². The van der Waals surface area contributed by atoms with E-state index in [0.29, 0.717) is 12.5 Å². The van der Waals surface area contributed by atoms with Crippen molar-refractivity contribution in [1.29, 1.82) is 0 Å². The highest BCUT2D eigenvalue weighted by atomic mass is 16.1. The predicted molar refractivity (Wildman–Crippen MR) is 77.2 cm³/mol. The number of primary amides is 1. The van der Waals surface area contributed by atoms with Crippen molar-refractivity contribution in [3.8, 4) is 0 Å². The van der Waals surface area contributed by atoms with E-state index in [1.54, 1.807) is 6.92 Å². The van der Waals surface area contributed by atoms with Crippen molar-refractivity contribution < 1.29 is 4.79 Å². The zero-order chi connectivity index (χ0) is 14.3. The Bertz CT molecular complexity index is 251. The molecule has 0 aromatic carbocycles. The number of rotatable bonds is 9. The molecule has 0 aliphatic carbocycles. The molecule has 4 N–H and O–H groups in total. The summed E-state index contributed by atoms with van der Waals surface area (Å²) < 4.78 is 0. The number of unbranched alkanes of at least 4 members (excludes halogenated alkanes) is 1. The summed E-state index contributed by atoms with van der Waals surface area (Å²) in [5.41, 5.74) is 10.2. The highest BCUT2D eigenvalue weighted by Gasteiger charge is 2.24. The van der Waals surface area contributed by atoms with E-state index in [0.717, 1.165) is 25.3 Å². The molecular weight excluding hydrogens is 226 g/mol. The normalized spacial score (nSPS) is 16.9. The van der Waals surface area contributed by atoms with Gasteiger partial charge in [0.1, 0.15) is 0 Å². The van der Waals surface area contributed by atoms with Crippen molar-refractivity contribution in [3.63, 3.8) is 0 Å². The summed E-state index contributed by atoms with van der Waals surface area (Å²) in [5.74, 6) is 0.314. The molecule has 0 spiro atoms. The summed E-state index contributed by atoms with van der Waals surface area (Å²) in [5, 5.41) is 0. The Hall–Kier alpha value is -0.610. The van der Waals surface area contributed by atoms with Crippen LogP contribution >= 0.6 is 0 Å². The van der Waals surface area contributed by atoms with Crippen LogP contribution in [0.3, 0.4) is 0 Å². The Kier molecular flexibility index (Phi) is 7.48. The molecule has 0 aromatic heterocycles. The number of carbonyl (C=O) groups is 1. The van der Waals surface area contributed by atoms with Gasteiger partial charge in [-0.25, -0.2) is 0 Å². The lowest BCUT2D eigenvalue weighted by molar-refractivity contribution is -0.122. The predicted octanol–water partition coefficient (Wildman–Crippen LogP) is 1.73. The van der Waals surface area contributed by atoms with E-state index < -0.39 is 11.4 Å². The smallest absolute Gasteiger partial charge is 0.237 e. The summed E-state index contributed by atoms with van der Waals surface area (Å²) >= 11 is 0. The molecule has 0 heterocycles. The van der Waals surface area contributed by atoms with Gasteiger partial charge in [0.2, 0.25) is 5.91 Å². The molecule has 0 aliphatic rings. The van der Waals surface area contributed by atoms with Crippen LogP contribution in [0.1, 0.15) is 53.4 Å². The minimum Gasteiger partial charge on any atom is -0.368 e. The molecule has 0 radical (unpaired) electrons. The summed E-state index contributed by atoms with van der Waals surface area (Å²) in [7, 11) is 2.16. The van der Waals surface area contributed by atoms with E-state index >= 15 is 0 Å². The molecule has 4 nitrogen and oxygen atoms in total. The molecule has 0 aliphatic heterocycles. The third-order valence-electron chi connectivity index (χ3n) is 3.58. The first-order chi connectivity index (χ1) is 8.16. The molecule has 0 saturated carbocycles. The highest BCUT2D eigenvalue weighted by molar-refractivity contribution is 5.83. The molecule has 4 heteroatoms. The van der Waals surface area contributed by atoms with E-state index in [1.807, 2.05) is 0 Å². The van der Waals surface area contributed by atoms with Gasteiger partial charge in [-0.05, 0) is 59.0 Å². The molecule has 2 atom stereocenters. The second kappa shape index (κ2) is 7.74. The summed E-state index contributed by atoms with van der Waals surface area (Å²) in [6.07, 6.45) is 3.87. The van der Waals surface area contributed by atoms with Crippen molar-refractivity contribution in [2.45, 2.75) is 65.0 Å². The quantitative estimate of drug-likeness (QED) is 0.618. The fraction of sp³-hybridized carbons (Fsp3) is 0.929. The maximum absolute atomic E-state index is 11.1. The first-order valence-electron chi connectivity index (χ1n) is 6.96. The van der Waals surface area contributed by atoms with E-state index in [9.17, 15) is 4.79 Å². The maximum Gasteiger partial charge on any atom is 0.237 e. The van der Waals surface area contributed by atoms with Crippen molar-refractivity contribution in [2.75, 3.05) is 13.6 Å². The molecule has 0 fully saturated rings. The summed E-state index contributed by atoms with van der Waals surface area (Å²) in [4.78, 5) is 13.4. The van der Waals surface area contributed by atoms with E-state index in [-0.39, 0.29) is 0 Å². The lowest BCUT2D eigenvalue weighted by atomic mass is 9.95. The Morgan fingerprint density at radius 3 is 2.28 bits per heavy atom. The second-order valence-corrected chi connectivity index (χ2v) is 6.20. The van der Waals surface area contributed by atoms with Gasteiger partial charge in [-0.3, -0.25) is 4.79 Å². The molecule has 18 heavy (non-hydrogen) atoms. The van der Waals surface area contributed by atoms with Crippen LogP contribution in [0, 0.1) is 5.92 Å².